The Kier molecular flexibility index (Phi) is 5.01. The van der Waals surface area contributed by atoms with Crippen LogP contribution in [0.15, 0.2) is 53.0 Å². The number of likely N-dealkylation sites (tertiary alicyclic amines) is 1. The van der Waals surface area contributed by atoms with Crippen LogP contribution in [-0.4, -0.2) is 22.5 Å². The van der Waals surface area contributed by atoms with Crippen molar-refractivity contribution in [3.05, 3.63) is 64.1 Å². The maximum Gasteiger partial charge on any atom is 0.223 e. The van der Waals surface area contributed by atoms with Crippen molar-refractivity contribution in [2.24, 2.45) is 0 Å². The molecule has 2 aromatic carbocycles. The van der Waals surface area contributed by atoms with Crippen LogP contribution in [0.5, 0.6) is 5.75 Å². The highest BCUT2D eigenvalue weighted by atomic mass is 79.9. The zero-order chi connectivity index (χ0) is 16.2. The number of hydrogen-bond acceptors (Lipinski definition) is 2. The van der Waals surface area contributed by atoms with Crippen molar-refractivity contribution >= 4 is 21.8 Å². The second kappa shape index (κ2) is 7.18. The van der Waals surface area contributed by atoms with Gasteiger partial charge in [-0.3, -0.25) is 4.79 Å². The topological polar surface area (TPSA) is 40.5 Å². The molecule has 0 unspecified atom stereocenters. The van der Waals surface area contributed by atoms with Gasteiger partial charge < -0.3 is 10.0 Å². The van der Waals surface area contributed by atoms with Gasteiger partial charge in [0.1, 0.15) is 5.75 Å². The molecule has 0 aliphatic carbocycles. The summed E-state index contributed by atoms with van der Waals surface area (Å²) in [6, 6.07) is 15.6. The van der Waals surface area contributed by atoms with Gasteiger partial charge in [-0.25, -0.2) is 0 Å². The number of carbonyl (C=O) groups excluding carboxylic acids is 1. The van der Waals surface area contributed by atoms with Crippen LogP contribution >= 0.6 is 15.9 Å². The van der Waals surface area contributed by atoms with E-state index >= 15 is 0 Å². The molecule has 1 atom stereocenters. The van der Waals surface area contributed by atoms with Crippen molar-refractivity contribution in [3.8, 4) is 5.75 Å². The lowest BCUT2D eigenvalue weighted by Gasteiger charge is -2.25. The number of hydrogen-bond donors (Lipinski definition) is 1. The molecule has 0 aromatic heterocycles. The van der Waals surface area contributed by atoms with E-state index in [9.17, 15) is 9.90 Å². The summed E-state index contributed by atoms with van der Waals surface area (Å²) in [5.41, 5.74) is 2.03. The van der Waals surface area contributed by atoms with Crippen molar-refractivity contribution in [3.63, 3.8) is 0 Å². The van der Waals surface area contributed by atoms with Gasteiger partial charge in [-0.15, -0.1) is 0 Å². The number of rotatable bonds is 4. The van der Waals surface area contributed by atoms with Crippen LogP contribution in [0.3, 0.4) is 0 Å². The van der Waals surface area contributed by atoms with Gasteiger partial charge in [-0.05, 0) is 48.6 Å². The number of amides is 1. The van der Waals surface area contributed by atoms with E-state index in [2.05, 4.69) is 28.1 Å². The van der Waals surface area contributed by atoms with Gasteiger partial charge in [-0.2, -0.15) is 0 Å². The van der Waals surface area contributed by atoms with E-state index < -0.39 is 0 Å². The van der Waals surface area contributed by atoms with Gasteiger partial charge in [0, 0.05) is 17.4 Å². The van der Waals surface area contributed by atoms with Crippen molar-refractivity contribution in [2.45, 2.75) is 31.7 Å². The highest BCUT2D eigenvalue weighted by molar-refractivity contribution is 9.10. The molecular weight excluding hydrogens is 354 g/mol. The average molecular weight is 374 g/mol. The highest BCUT2D eigenvalue weighted by Crippen LogP contribution is 2.33. The monoisotopic (exact) mass is 373 g/mol. The fourth-order valence-electron chi connectivity index (χ4n) is 3.20. The number of phenols is 1. The van der Waals surface area contributed by atoms with Crippen LogP contribution in [0.4, 0.5) is 0 Å². The Morgan fingerprint density at radius 2 is 1.91 bits per heavy atom. The Morgan fingerprint density at radius 1 is 1.17 bits per heavy atom. The van der Waals surface area contributed by atoms with Crippen LogP contribution in [-0.2, 0) is 11.2 Å². The second-order valence-corrected chi connectivity index (χ2v) is 6.84. The molecule has 120 valence electrons. The molecule has 2 aromatic rings. The van der Waals surface area contributed by atoms with Crippen molar-refractivity contribution in [1.82, 2.24) is 4.90 Å². The molecule has 4 heteroatoms. The van der Waals surface area contributed by atoms with E-state index in [0.29, 0.717) is 12.8 Å². The SMILES string of the molecule is O=C(CCc1ccccc1O)N1CCC[C@@H]1c1ccc(Br)cc1. The minimum atomic E-state index is 0.165. The molecule has 0 bridgehead atoms. The lowest BCUT2D eigenvalue weighted by Crippen LogP contribution is -2.30. The third-order valence-electron chi connectivity index (χ3n) is 4.43. The molecule has 0 spiro atoms. The molecule has 1 aliphatic heterocycles. The molecule has 1 N–H and O–H groups in total. The van der Waals surface area contributed by atoms with Gasteiger partial charge in [-0.1, -0.05) is 46.3 Å². The number of nitrogens with zero attached hydrogens (tertiary/aromatic N) is 1. The molecule has 1 saturated heterocycles. The predicted molar refractivity (Wildman–Crippen MR) is 94.3 cm³/mol. The summed E-state index contributed by atoms with van der Waals surface area (Å²) in [4.78, 5) is 14.6. The molecule has 1 heterocycles. The molecule has 3 rings (SSSR count). The van der Waals surface area contributed by atoms with E-state index in [0.717, 1.165) is 29.4 Å². The minimum Gasteiger partial charge on any atom is -0.508 e. The van der Waals surface area contributed by atoms with Crippen molar-refractivity contribution in [1.29, 1.82) is 0 Å². The van der Waals surface area contributed by atoms with Gasteiger partial charge in [0.15, 0.2) is 0 Å². The summed E-state index contributed by atoms with van der Waals surface area (Å²) in [5.74, 6) is 0.435. The normalized spacial score (nSPS) is 17.4. The number of aryl methyl sites for hydroxylation is 1. The molecule has 23 heavy (non-hydrogen) atoms. The van der Waals surface area contributed by atoms with Crippen LogP contribution in [0, 0.1) is 0 Å². The third-order valence-corrected chi connectivity index (χ3v) is 4.96. The number of carbonyl (C=O) groups is 1. The van der Waals surface area contributed by atoms with Crippen LogP contribution in [0.2, 0.25) is 0 Å². The first-order chi connectivity index (χ1) is 11.1. The molecule has 3 nitrogen and oxygen atoms in total. The fraction of sp³-hybridized carbons (Fsp3) is 0.316. The van der Waals surface area contributed by atoms with E-state index in [1.165, 1.54) is 5.56 Å². The van der Waals surface area contributed by atoms with Crippen LogP contribution < -0.4 is 0 Å². The lowest BCUT2D eigenvalue weighted by molar-refractivity contribution is -0.132. The Bertz CT molecular complexity index is 684. The maximum atomic E-state index is 12.6. The summed E-state index contributed by atoms with van der Waals surface area (Å²) in [6.45, 7) is 0.820. The minimum absolute atomic E-state index is 0.165. The molecule has 1 amide bonds. The summed E-state index contributed by atoms with van der Waals surface area (Å²) >= 11 is 3.45. The van der Waals surface area contributed by atoms with Gasteiger partial charge in [0.25, 0.3) is 0 Å². The Labute approximate surface area is 145 Å². The van der Waals surface area contributed by atoms with Crippen LogP contribution in [0.1, 0.15) is 36.4 Å². The molecule has 0 saturated carbocycles. The largest absolute Gasteiger partial charge is 0.508 e. The van der Waals surface area contributed by atoms with Gasteiger partial charge in [0.05, 0.1) is 6.04 Å². The Balaban J connectivity index is 1.66. The summed E-state index contributed by atoms with van der Waals surface area (Å²) < 4.78 is 1.05. The number of aromatic hydroxyl groups is 1. The zero-order valence-electron chi connectivity index (χ0n) is 12.9. The number of benzene rings is 2. The van der Waals surface area contributed by atoms with Gasteiger partial charge in [0.2, 0.25) is 5.91 Å². The second-order valence-electron chi connectivity index (χ2n) is 5.93. The number of phenolic OH excluding ortho intramolecular Hbond substituents is 1. The standard InChI is InChI=1S/C19H20BrNO2/c20-16-10-7-14(8-11-16)17-5-3-13-21(17)19(23)12-9-15-4-1-2-6-18(15)22/h1-2,4,6-8,10-11,17,22H,3,5,9,12-13H2/t17-/m1/s1. The van der Waals surface area contributed by atoms with E-state index in [-0.39, 0.29) is 17.7 Å². The first kappa shape index (κ1) is 16.1. The molecule has 1 aliphatic rings. The first-order valence-corrected chi connectivity index (χ1v) is 8.76. The zero-order valence-corrected chi connectivity index (χ0v) is 14.5. The number of para-hydroxylation sites is 1. The van der Waals surface area contributed by atoms with E-state index in [4.69, 9.17) is 0 Å². The predicted octanol–water partition coefficient (Wildman–Crippen LogP) is 4.45. The average Bonchev–Trinajstić information content (AvgIpc) is 3.04. The van der Waals surface area contributed by atoms with Crippen LogP contribution in [0.25, 0.3) is 0 Å². The number of halogens is 1. The summed E-state index contributed by atoms with van der Waals surface area (Å²) in [5, 5.41) is 9.82. The molecule has 1 fully saturated rings. The maximum absolute atomic E-state index is 12.6. The summed E-state index contributed by atoms with van der Waals surface area (Å²) in [7, 11) is 0. The Hall–Kier alpha value is -1.81. The van der Waals surface area contributed by atoms with Crippen molar-refractivity contribution in [2.75, 3.05) is 6.54 Å². The lowest BCUT2D eigenvalue weighted by atomic mass is 10.0. The molecular formula is C19H20BrNO2. The quantitative estimate of drug-likeness (QED) is 0.859. The molecule has 0 radical (unpaired) electrons. The van der Waals surface area contributed by atoms with E-state index in [1.54, 1.807) is 12.1 Å². The Morgan fingerprint density at radius 3 is 2.65 bits per heavy atom. The first-order valence-electron chi connectivity index (χ1n) is 7.97. The third kappa shape index (κ3) is 3.75. The van der Waals surface area contributed by atoms with Gasteiger partial charge >= 0.3 is 0 Å². The van der Waals surface area contributed by atoms with E-state index in [1.807, 2.05) is 29.2 Å². The smallest absolute Gasteiger partial charge is 0.223 e. The summed E-state index contributed by atoms with van der Waals surface area (Å²) in [6.07, 6.45) is 3.08. The van der Waals surface area contributed by atoms with Crippen molar-refractivity contribution < 1.29 is 9.90 Å². The highest BCUT2D eigenvalue weighted by Gasteiger charge is 2.29. The fourth-order valence-corrected chi connectivity index (χ4v) is 3.47.